The van der Waals surface area contributed by atoms with Crippen LogP contribution in [0.4, 0.5) is 0 Å². The summed E-state index contributed by atoms with van der Waals surface area (Å²) in [5.41, 5.74) is 1.11. The van der Waals surface area contributed by atoms with Gasteiger partial charge < -0.3 is 4.57 Å². The van der Waals surface area contributed by atoms with Crippen LogP contribution in [-0.2, 0) is 6.54 Å². The predicted molar refractivity (Wildman–Crippen MR) is 41.9 cm³/mol. The molecule has 0 N–H and O–H groups in total. The molecule has 1 aromatic heterocycles. The molecule has 0 spiro atoms. The van der Waals surface area contributed by atoms with Crippen molar-refractivity contribution in [2.75, 3.05) is 0 Å². The van der Waals surface area contributed by atoms with Crippen LogP contribution in [0.5, 0.6) is 0 Å². The average molecular weight is 138 g/mol. The van der Waals surface area contributed by atoms with Crippen molar-refractivity contribution in [3.05, 3.63) is 18.2 Å². The monoisotopic (exact) mass is 138 g/mol. The third kappa shape index (κ3) is 1.87. The van der Waals surface area contributed by atoms with Crippen LogP contribution < -0.4 is 0 Å². The van der Waals surface area contributed by atoms with E-state index in [9.17, 15) is 0 Å². The molecule has 10 heavy (non-hydrogen) atoms. The average Bonchev–Trinajstić information content (AvgIpc) is 2.31. The normalized spacial score (nSPS) is 10.2. The Balaban J connectivity index is 2.42. The van der Waals surface area contributed by atoms with E-state index in [1.165, 1.54) is 12.8 Å². The van der Waals surface area contributed by atoms with Gasteiger partial charge in [-0.2, -0.15) is 0 Å². The van der Waals surface area contributed by atoms with Crippen molar-refractivity contribution in [1.29, 1.82) is 0 Å². The van der Waals surface area contributed by atoms with E-state index < -0.39 is 0 Å². The fourth-order valence-electron chi connectivity index (χ4n) is 0.935. The summed E-state index contributed by atoms with van der Waals surface area (Å²) in [6, 6.07) is 0. The second-order valence-corrected chi connectivity index (χ2v) is 2.61. The van der Waals surface area contributed by atoms with Gasteiger partial charge in [-0.3, -0.25) is 0 Å². The van der Waals surface area contributed by atoms with Gasteiger partial charge in [-0.25, -0.2) is 4.98 Å². The topological polar surface area (TPSA) is 17.8 Å². The van der Waals surface area contributed by atoms with Crippen molar-refractivity contribution < 1.29 is 0 Å². The largest absolute Gasteiger partial charge is 0.337 e. The van der Waals surface area contributed by atoms with E-state index in [0.29, 0.717) is 0 Å². The lowest BCUT2D eigenvalue weighted by molar-refractivity contribution is 0.631. The standard InChI is InChI=1S/C8H14N2/c1-3-4-5-10-6-8(2)9-7-10/h6-7H,3-5H2,1-2H3. The summed E-state index contributed by atoms with van der Waals surface area (Å²) >= 11 is 0. The molecule has 0 radical (unpaired) electrons. The number of hydrogen-bond acceptors (Lipinski definition) is 1. The molecule has 0 saturated carbocycles. The van der Waals surface area contributed by atoms with Crippen molar-refractivity contribution >= 4 is 0 Å². The van der Waals surface area contributed by atoms with Gasteiger partial charge in [0, 0.05) is 12.7 Å². The summed E-state index contributed by atoms with van der Waals surface area (Å²) in [6.07, 6.45) is 6.47. The highest BCUT2D eigenvalue weighted by Crippen LogP contribution is 1.96. The van der Waals surface area contributed by atoms with Crippen molar-refractivity contribution in [2.24, 2.45) is 0 Å². The van der Waals surface area contributed by atoms with E-state index >= 15 is 0 Å². The molecule has 0 atom stereocenters. The maximum atomic E-state index is 4.13. The van der Waals surface area contributed by atoms with Crippen LogP contribution in [0.25, 0.3) is 0 Å². The Bertz CT molecular complexity index is 191. The van der Waals surface area contributed by atoms with Gasteiger partial charge in [0.2, 0.25) is 0 Å². The third-order valence-electron chi connectivity index (χ3n) is 1.53. The minimum absolute atomic E-state index is 1.11. The molecule has 0 aliphatic carbocycles. The zero-order valence-electron chi connectivity index (χ0n) is 6.67. The zero-order valence-corrected chi connectivity index (χ0v) is 6.67. The summed E-state index contributed by atoms with van der Waals surface area (Å²) < 4.78 is 2.14. The van der Waals surface area contributed by atoms with Gasteiger partial charge in [0.15, 0.2) is 0 Å². The number of aryl methyl sites for hydroxylation is 2. The van der Waals surface area contributed by atoms with Crippen LogP contribution in [0.15, 0.2) is 12.5 Å². The highest BCUT2D eigenvalue weighted by molar-refractivity contribution is 4.91. The maximum absolute atomic E-state index is 4.13. The van der Waals surface area contributed by atoms with Gasteiger partial charge in [-0.15, -0.1) is 0 Å². The highest BCUT2D eigenvalue weighted by atomic mass is 15.0. The number of nitrogens with zero attached hydrogens (tertiary/aromatic N) is 2. The third-order valence-corrected chi connectivity index (χ3v) is 1.53. The molecule has 0 amide bonds. The van der Waals surface area contributed by atoms with Crippen LogP contribution in [0.1, 0.15) is 25.5 Å². The minimum Gasteiger partial charge on any atom is -0.337 e. The molecule has 0 aliphatic heterocycles. The lowest BCUT2D eigenvalue weighted by Gasteiger charge is -1.96. The molecular formula is C8H14N2. The SMILES string of the molecule is CCCCn1cnc(C)c1. The van der Waals surface area contributed by atoms with Gasteiger partial charge in [-0.1, -0.05) is 13.3 Å². The molecule has 0 aromatic carbocycles. The smallest absolute Gasteiger partial charge is 0.0949 e. The Morgan fingerprint density at radius 2 is 2.40 bits per heavy atom. The second kappa shape index (κ2) is 3.40. The number of imidazole rings is 1. The molecule has 1 rings (SSSR count). The van der Waals surface area contributed by atoms with Gasteiger partial charge in [0.05, 0.1) is 12.0 Å². The first-order valence-corrected chi connectivity index (χ1v) is 3.81. The molecule has 2 nitrogen and oxygen atoms in total. The van der Waals surface area contributed by atoms with E-state index in [0.717, 1.165) is 12.2 Å². The molecule has 1 heterocycles. The van der Waals surface area contributed by atoms with Crippen molar-refractivity contribution in [2.45, 2.75) is 33.2 Å². The first-order valence-electron chi connectivity index (χ1n) is 3.81. The Labute approximate surface area is 61.9 Å². The lowest BCUT2D eigenvalue weighted by atomic mass is 10.3. The van der Waals surface area contributed by atoms with Crippen molar-refractivity contribution in [1.82, 2.24) is 9.55 Å². The number of aromatic nitrogens is 2. The van der Waals surface area contributed by atoms with Crippen LogP contribution >= 0.6 is 0 Å². The Kier molecular flexibility index (Phi) is 2.49. The van der Waals surface area contributed by atoms with E-state index in [1.807, 2.05) is 13.3 Å². The highest BCUT2D eigenvalue weighted by Gasteiger charge is 1.90. The van der Waals surface area contributed by atoms with Gasteiger partial charge in [-0.05, 0) is 13.3 Å². The first kappa shape index (κ1) is 7.32. The van der Waals surface area contributed by atoms with E-state index in [-0.39, 0.29) is 0 Å². The minimum atomic E-state index is 1.11. The van der Waals surface area contributed by atoms with Gasteiger partial charge in [0.1, 0.15) is 0 Å². The predicted octanol–water partition coefficient (Wildman–Crippen LogP) is 1.99. The molecule has 0 aliphatic rings. The van der Waals surface area contributed by atoms with E-state index in [4.69, 9.17) is 0 Å². The summed E-state index contributed by atoms with van der Waals surface area (Å²) in [5, 5.41) is 0. The summed E-state index contributed by atoms with van der Waals surface area (Å²) in [7, 11) is 0. The molecule has 1 aromatic rings. The van der Waals surface area contributed by atoms with E-state index in [1.54, 1.807) is 0 Å². The molecule has 0 fully saturated rings. The number of rotatable bonds is 3. The fraction of sp³-hybridized carbons (Fsp3) is 0.625. The molecule has 0 bridgehead atoms. The van der Waals surface area contributed by atoms with E-state index in [2.05, 4.69) is 22.7 Å². The zero-order chi connectivity index (χ0) is 7.40. The first-order chi connectivity index (χ1) is 4.83. The Morgan fingerprint density at radius 1 is 1.60 bits per heavy atom. The van der Waals surface area contributed by atoms with Crippen LogP contribution in [0, 0.1) is 6.92 Å². The molecule has 56 valence electrons. The summed E-state index contributed by atoms with van der Waals surface area (Å²) in [5.74, 6) is 0. The quantitative estimate of drug-likeness (QED) is 0.624. The fourth-order valence-corrected chi connectivity index (χ4v) is 0.935. The molecule has 0 saturated heterocycles. The van der Waals surface area contributed by atoms with Crippen molar-refractivity contribution in [3.8, 4) is 0 Å². The van der Waals surface area contributed by atoms with Gasteiger partial charge in [0.25, 0.3) is 0 Å². The molecule has 2 heteroatoms. The maximum Gasteiger partial charge on any atom is 0.0949 e. The summed E-state index contributed by atoms with van der Waals surface area (Å²) in [6.45, 7) is 5.32. The Morgan fingerprint density at radius 3 is 2.90 bits per heavy atom. The molecule has 0 unspecified atom stereocenters. The number of unbranched alkanes of at least 4 members (excludes halogenated alkanes) is 1. The van der Waals surface area contributed by atoms with Crippen LogP contribution in [-0.4, -0.2) is 9.55 Å². The lowest BCUT2D eigenvalue weighted by Crippen LogP contribution is -1.92. The second-order valence-electron chi connectivity index (χ2n) is 2.61. The number of hydrogen-bond donors (Lipinski definition) is 0. The van der Waals surface area contributed by atoms with Crippen molar-refractivity contribution in [3.63, 3.8) is 0 Å². The van der Waals surface area contributed by atoms with Crippen LogP contribution in [0.2, 0.25) is 0 Å². The summed E-state index contributed by atoms with van der Waals surface area (Å²) in [4.78, 5) is 4.13. The van der Waals surface area contributed by atoms with Crippen LogP contribution in [0.3, 0.4) is 0 Å². The molecular weight excluding hydrogens is 124 g/mol. The Hall–Kier alpha value is -0.790. The van der Waals surface area contributed by atoms with Gasteiger partial charge >= 0.3 is 0 Å².